The summed E-state index contributed by atoms with van der Waals surface area (Å²) in [6, 6.07) is 9.32. The van der Waals surface area contributed by atoms with E-state index in [1.165, 1.54) is 0 Å². The van der Waals surface area contributed by atoms with Crippen molar-refractivity contribution in [2.75, 3.05) is 11.1 Å². The number of benzene rings is 1. The van der Waals surface area contributed by atoms with Crippen molar-refractivity contribution in [3.8, 4) is 0 Å². The van der Waals surface area contributed by atoms with Crippen molar-refractivity contribution in [1.29, 1.82) is 0 Å². The van der Waals surface area contributed by atoms with Crippen LogP contribution in [0.4, 0.5) is 11.4 Å². The Labute approximate surface area is 121 Å². The molecule has 6 nitrogen and oxygen atoms in total. The number of nitrogens with zero attached hydrogens (tertiary/aromatic N) is 2. The molecule has 3 aromatic rings. The lowest BCUT2D eigenvalue weighted by atomic mass is 10.2. The van der Waals surface area contributed by atoms with Crippen LogP contribution in [0.1, 0.15) is 23.1 Å². The topological polar surface area (TPSA) is 96.7 Å². The summed E-state index contributed by atoms with van der Waals surface area (Å²) in [7, 11) is 0. The van der Waals surface area contributed by atoms with Gasteiger partial charge in [-0.3, -0.25) is 14.9 Å². The number of nitrogens with one attached hydrogen (secondary N) is 2. The summed E-state index contributed by atoms with van der Waals surface area (Å²) in [5.41, 5.74) is 8.84. The van der Waals surface area contributed by atoms with Gasteiger partial charge in [0.15, 0.2) is 5.69 Å². The van der Waals surface area contributed by atoms with Crippen LogP contribution in [-0.4, -0.2) is 21.1 Å². The predicted molar refractivity (Wildman–Crippen MR) is 82.1 cm³/mol. The van der Waals surface area contributed by atoms with Crippen LogP contribution in [0.3, 0.4) is 0 Å². The molecule has 106 valence electrons. The second-order valence-electron chi connectivity index (χ2n) is 4.68. The van der Waals surface area contributed by atoms with E-state index in [-0.39, 0.29) is 11.6 Å². The van der Waals surface area contributed by atoms with Gasteiger partial charge in [-0.1, -0.05) is 13.0 Å². The molecule has 0 saturated carbocycles. The average molecular weight is 281 g/mol. The van der Waals surface area contributed by atoms with E-state index in [9.17, 15) is 4.79 Å². The summed E-state index contributed by atoms with van der Waals surface area (Å²) in [6.07, 6.45) is 2.44. The molecule has 4 N–H and O–H groups in total. The molecule has 0 radical (unpaired) electrons. The highest BCUT2D eigenvalue weighted by Gasteiger charge is 2.16. The second-order valence-corrected chi connectivity index (χ2v) is 4.68. The van der Waals surface area contributed by atoms with Crippen molar-refractivity contribution in [1.82, 2.24) is 15.2 Å². The smallest absolute Gasteiger partial charge is 0.278 e. The fourth-order valence-corrected chi connectivity index (χ4v) is 2.17. The average Bonchev–Trinajstić information content (AvgIpc) is 2.88. The van der Waals surface area contributed by atoms with Crippen LogP contribution in [0.25, 0.3) is 10.9 Å². The maximum absolute atomic E-state index is 12.2. The number of carbonyl (C=O) groups excluding carboxylic acids is 1. The number of aryl methyl sites for hydroxylation is 1. The van der Waals surface area contributed by atoms with Crippen LogP contribution >= 0.6 is 0 Å². The van der Waals surface area contributed by atoms with E-state index >= 15 is 0 Å². The minimum absolute atomic E-state index is 0.220. The number of aromatic amines is 1. The number of rotatable bonds is 3. The Kier molecular flexibility index (Phi) is 3.27. The molecule has 0 fully saturated rings. The zero-order valence-electron chi connectivity index (χ0n) is 11.6. The summed E-state index contributed by atoms with van der Waals surface area (Å²) >= 11 is 0. The van der Waals surface area contributed by atoms with E-state index in [0.717, 1.165) is 16.6 Å². The Morgan fingerprint density at radius 3 is 3.00 bits per heavy atom. The zero-order valence-corrected chi connectivity index (χ0v) is 11.6. The first-order chi connectivity index (χ1) is 10.2. The Balaban J connectivity index is 1.87. The summed E-state index contributed by atoms with van der Waals surface area (Å²) in [5.74, 6) is -0.327. The maximum atomic E-state index is 12.2. The van der Waals surface area contributed by atoms with Crippen molar-refractivity contribution in [3.05, 3.63) is 47.9 Å². The number of carbonyl (C=O) groups is 1. The predicted octanol–water partition coefficient (Wildman–Crippen LogP) is 2.35. The molecule has 1 amide bonds. The van der Waals surface area contributed by atoms with E-state index in [1.807, 2.05) is 31.2 Å². The Bertz CT molecular complexity index is 809. The first kappa shape index (κ1) is 13.1. The van der Waals surface area contributed by atoms with Gasteiger partial charge in [0.1, 0.15) is 0 Å². The largest absolute Gasteiger partial charge is 0.395 e. The lowest BCUT2D eigenvalue weighted by Gasteiger charge is -2.05. The van der Waals surface area contributed by atoms with Gasteiger partial charge < -0.3 is 11.1 Å². The normalized spacial score (nSPS) is 10.7. The van der Waals surface area contributed by atoms with Crippen molar-refractivity contribution in [2.24, 2.45) is 0 Å². The van der Waals surface area contributed by atoms with Crippen LogP contribution in [-0.2, 0) is 6.42 Å². The molecule has 0 spiro atoms. The van der Waals surface area contributed by atoms with E-state index in [4.69, 9.17) is 5.73 Å². The molecule has 6 heteroatoms. The molecular formula is C15H15N5O. The number of aromatic nitrogens is 3. The number of hydrogen-bond donors (Lipinski definition) is 3. The number of fused-ring (bicyclic) bond motifs is 1. The van der Waals surface area contributed by atoms with Crippen LogP contribution < -0.4 is 11.1 Å². The third-order valence-corrected chi connectivity index (χ3v) is 3.31. The van der Waals surface area contributed by atoms with Gasteiger partial charge in [0.2, 0.25) is 0 Å². The number of nitrogen functional groups attached to an aromatic ring is 1. The SMILES string of the molecule is CCc1[nH]nc(C(=O)Nc2ccc3ncccc3c2)c1N. The van der Waals surface area contributed by atoms with Gasteiger partial charge in [-0.05, 0) is 30.7 Å². The Morgan fingerprint density at radius 1 is 1.38 bits per heavy atom. The van der Waals surface area contributed by atoms with Crippen LogP contribution in [0.15, 0.2) is 36.5 Å². The summed E-state index contributed by atoms with van der Waals surface area (Å²) in [6.45, 7) is 1.95. The fraction of sp³-hybridized carbons (Fsp3) is 0.133. The Hall–Kier alpha value is -2.89. The summed E-state index contributed by atoms with van der Waals surface area (Å²) < 4.78 is 0. The van der Waals surface area contributed by atoms with Crippen molar-refractivity contribution in [2.45, 2.75) is 13.3 Å². The third-order valence-electron chi connectivity index (χ3n) is 3.31. The molecule has 21 heavy (non-hydrogen) atoms. The van der Waals surface area contributed by atoms with Crippen LogP contribution in [0.2, 0.25) is 0 Å². The molecular weight excluding hydrogens is 266 g/mol. The molecule has 0 bridgehead atoms. The van der Waals surface area contributed by atoms with E-state index < -0.39 is 0 Å². The summed E-state index contributed by atoms with van der Waals surface area (Å²) in [4.78, 5) is 16.4. The molecule has 0 aliphatic heterocycles. The highest BCUT2D eigenvalue weighted by Crippen LogP contribution is 2.19. The molecule has 0 aliphatic rings. The second kappa shape index (κ2) is 5.24. The lowest BCUT2D eigenvalue weighted by molar-refractivity contribution is 0.102. The number of anilines is 2. The van der Waals surface area contributed by atoms with Crippen LogP contribution in [0.5, 0.6) is 0 Å². The zero-order chi connectivity index (χ0) is 14.8. The molecule has 2 aromatic heterocycles. The number of amides is 1. The van der Waals surface area contributed by atoms with Gasteiger partial charge in [0, 0.05) is 17.3 Å². The first-order valence-corrected chi connectivity index (χ1v) is 6.68. The molecule has 3 rings (SSSR count). The minimum atomic E-state index is -0.327. The van der Waals surface area contributed by atoms with Gasteiger partial charge in [0.05, 0.1) is 16.9 Å². The van der Waals surface area contributed by atoms with Crippen molar-refractivity contribution < 1.29 is 4.79 Å². The third kappa shape index (κ3) is 2.43. The molecule has 2 heterocycles. The lowest BCUT2D eigenvalue weighted by Crippen LogP contribution is -2.14. The molecule has 0 aliphatic carbocycles. The standard InChI is InChI=1S/C15H15N5O/c1-2-11-13(16)14(20-19-11)15(21)18-10-5-6-12-9(8-10)4-3-7-17-12/h3-8H,2,16H2,1H3,(H,18,21)(H,19,20). The molecule has 1 aromatic carbocycles. The van der Waals surface area contributed by atoms with E-state index in [1.54, 1.807) is 12.3 Å². The van der Waals surface area contributed by atoms with Crippen LogP contribution in [0, 0.1) is 0 Å². The van der Waals surface area contributed by atoms with E-state index in [0.29, 0.717) is 17.8 Å². The first-order valence-electron chi connectivity index (χ1n) is 6.68. The number of hydrogen-bond acceptors (Lipinski definition) is 4. The minimum Gasteiger partial charge on any atom is -0.395 e. The van der Waals surface area contributed by atoms with Gasteiger partial charge in [-0.2, -0.15) is 5.10 Å². The highest BCUT2D eigenvalue weighted by atomic mass is 16.2. The highest BCUT2D eigenvalue weighted by molar-refractivity contribution is 6.07. The monoisotopic (exact) mass is 281 g/mol. The molecule has 0 atom stereocenters. The van der Waals surface area contributed by atoms with Gasteiger partial charge in [-0.15, -0.1) is 0 Å². The number of pyridine rings is 1. The van der Waals surface area contributed by atoms with Gasteiger partial charge in [-0.25, -0.2) is 0 Å². The molecule has 0 saturated heterocycles. The van der Waals surface area contributed by atoms with Gasteiger partial charge in [0.25, 0.3) is 5.91 Å². The molecule has 0 unspecified atom stereocenters. The van der Waals surface area contributed by atoms with Gasteiger partial charge >= 0.3 is 0 Å². The number of nitrogens with two attached hydrogens (primary N) is 1. The van der Waals surface area contributed by atoms with E-state index in [2.05, 4.69) is 20.5 Å². The fourth-order valence-electron chi connectivity index (χ4n) is 2.17. The van der Waals surface area contributed by atoms with Crippen molar-refractivity contribution >= 4 is 28.2 Å². The number of H-pyrrole nitrogens is 1. The quantitative estimate of drug-likeness (QED) is 0.686. The Morgan fingerprint density at radius 2 is 2.24 bits per heavy atom. The van der Waals surface area contributed by atoms with Crippen molar-refractivity contribution in [3.63, 3.8) is 0 Å². The maximum Gasteiger partial charge on any atom is 0.278 e. The summed E-state index contributed by atoms with van der Waals surface area (Å²) in [5, 5.41) is 10.5.